The Balaban J connectivity index is 0.908. The van der Waals surface area contributed by atoms with Crippen LogP contribution in [0.5, 0.6) is 0 Å². The summed E-state index contributed by atoms with van der Waals surface area (Å²) in [5.41, 5.74) is 3.04. The molecule has 2 heterocycles. The van der Waals surface area contributed by atoms with Gasteiger partial charge in [-0.3, -0.25) is 28.8 Å². The zero-order valence-corrected chi connectivity index (χ0v) is 38.6. The molecule has 7 rings (SSSR count). The van der Waals surface area contributed by atoms with Crippen molar-refractivity contribution in [3.63, 3.8) is 0 Å². The molecule has 3 aromatic rings. The lowest BCUT2D eigenvalue weighted by Crippen LogP contribution is -2.61. The largest absolute Gasteiger partial charge is 0.354 e. The summed E-state index contributed by atoms with van der Waals surface area (Å²) < 4.78 is 0. The lowest BCUT2D eigenvalue weighted by molar-refractivity contribution is -0.141. The van der Waals surface area contributed by atoms with Gasteiger partial charge in [0.25, 0.3) is 11.8 Å². The molecule has 3 aromatic carbocycles. The Hall–Kier alpha value is -5.52. The third kappa shape index (κ3) is 12.9. The second kappa shape index (κ2) is 23.1. The number of amides is 6. The van der Waals surface area contributed by atoms with E-state index >= 15 is 0 Å². The number of benzene rings is 3. The van der Waals surface area contributed by atoms with Gasteiger partial charge >= 0.3 is 0 Å². The van der Waals surface area contributed by atoms with Gasteiger partial charge in [-0.2, -0.15) is 0 Å². The Labute approximate surface area is 385 Å². The van der Waals surface area contributed by atoms with Crippen molar-refractivity contribution in [2.45, 2.75) is 134 Å². The highest BCUT2D eigenvalue weighted by molar-refractivity contribution is 5.99. The quantitative estimate of drug-likeness (QED) is 0.0910. The second-order valence-electron chi connectivity index (χ2n) is 18.9. The summed E-state index contributed by atoms with van der Waals surface area (Å²) in [7, 11) is 0. The van der Waals surface area contributed by atoms with Crippen molar-refractivity contribution in [1.29, 1.82) is 0 Å². The van der Waals surface area contributed by atoms with E-state index in [-0.39, 0.29) is 92.1 Å². The third-order valence-electron chi connectivity index (χ3n) is 14.1. The van der Waals surface area contributed by atoms with Crippen molar-refractivity contribution >= 4 is 35.4 Å². The molecule has 12 heteroatoms. The molecule has 0 radical (unpaired) electrons. The average molecular weight is 887 g/mol. The maximum Gasteiger partial charge on any atom is 0.253 e. The maximum atomic E-state index is 14.0. The second-order valence-corrected chi connectivity index (χ2v) is 18.9. The molecule has 2 aliphatic heterocycles. The molecule has 348 valence electrons. The van der Waals surface area contributed by atoms with E-state index in [0.717, 1.165) is 32.1 Å². The van der Waals surface area contributed by atoms with Crippen molar-refractivity contribution < 1.29 is 28.8 Å². The van der Waals surface area contributed by atoms with Gasteiger partial charge in [-0.15, -0.1) is 0 Å². The molecule has 3 N–H and O–H groups in total. The molecule has 2 saturated heterocycles. The molecule has 2 saturated carbocycles. The summed E-state index contributed by atoms with van der Waals surface area (Å²) in [6.45, 7) is 5.02. The number of nitrogens with one attached hydrogen (secondary N) is 3. The molecule has 0 unspecified atom stereocenters. The summed E-state index contributed by atoms with van der Waals surface area (Å²) in [6.07, 6.45) is 16.4. The lowest BCUT2D eigenvalue weighted by Gasteiger charge is -2.40. The van der Waals surface area contributed by atoms with Gasteiger partial charge in [0.05, 0.1) is 18.4 Å². The highest BCUT2D eigenvalue weighted by atomic mass is 16.2. The van der Waals surface area contributed by atoms with Crippen LogP contribution in [-0.2, 0) is 19.2 Å². The van der Waals surface area contributed by atoms with Gasteiger partial charge in [0.15, 0.2) is 0 Å². The number of carbonyl (C=O) groups is 6. The molecule has 0 aromatic heterocycles. The zero-order valence-electron chi connectivity index (χ0n) is 38.6. The van der Waals surface area contributed by atoms with Crippen molar-refractivity contribution in [2.75, 3.05) is 39.3 Å². The van der Waals surface area contributed by atoms with Crippen LogP contribution in [0.2, 0.25) is 0 Å². The molecular formula is C53H70N6O6. The fourth-order valence-electron chi connectivity index (χ4n) is 9.91. The number of hydrogen-bond acceptors (Lipinski definition) is 6. The van der Waals surface area contributed by atoms with Crippen LogP contribution in [0.4, 0.5) is 0 Å². The summed E-state index contributed by atoms with van der Waals surface area (Å²) in [5, 5.41) is 9.39. The number of likely N-dealkylation sites (tertiary alicyclic amines) is 1. The number of hydrogen-bond donors (Lipinski definition) is 3. The van der Waals surface area contributed by atoms with Gasteiger partial charge in [0, 0.05) is 74.7 Å². The van der Waals surface area contributed by atoms with Gasteiger partial charge in [-0.1, -0.05) is 138 Å². The Morgan fingerprint density at radius 2 is 0.969 bits per heavy atom. The summed E-state index contributed by atoms with van der Waals surface area (Å²) in [5.74, 6) is -2.50. The van der Waals surface area contributed by atoms with Crippen molar-refractivity contribution in [2.24, 2.45) is 11.8 Å². The fraction of sp³-hybridized carbons (Fsp3) is 0.547. The Kier molecular flexibility index (Phi) is 16.9. The minimum absolute atomic E-state index is 0.0199. The smallest absolute Gasteiger partial charge is 0.253 e. The Bertz CT molecular complexity index is 2010. The number of nitrogens with zero attached hydrogens (tertiary/aromatic N) is 3. The van der Waals surface area contributed by atoms with E-state index in [0.29, 0.717) is 17.7 Å². The molecule has 2 aliphatic carbocycles. The van der Waals surface area contributed by atoms with Gasteiger partial charge in [0.2, 0.25) is 23.6 Å². The molecule has 7 atom stereocenters. The van der Waals surface area contributed by atoms with Crippen LogP contribution in [0.3, 0.4) is 0 Å². The first-order valence-corrected chi connectivity index (χ1v) is 24.6. The van der Waals surface area contributed by atoms with Crippen LogP contribution in [0.15, 0.2) is 84.9 Å². The van der Waals surface area contributed by atoms with Crippen molar-refractivity contribution in [3.8, 4) is 0 Å². The molecule has 0 bridgehead atoms. The van der Waals surface area contributed by atoms with E-state index in [1.165, 1.54) is 75.8 Å². The minimum atomic E-state index is -0.790. The summed E-state index contributed by atoms with van der Waals surface area (Å²) in [4.78, 5) is 86.4. The van der Waals surface area contributed by atoms with Gasteiger partial charge in [-0.25, -0.2) is 0 Å². The van der Waals surface area contributed by atoms with E-state index in [9.17, 15) is 28.8 Å². The Morgan fingerprint density at radius 1 is 0.523 bits per heavy atom. The first-order chi connectivity index (χ1) is 31.6. The first kappa shape index (κ1) is 47.4. The van der Waals surface area contributed by atoms with Crippen molar-refractivity contribution in [1.82, 2.24) is 30.7 Å². The molecule has 4 fully saturated rings. The van der Waals surface area contributed by atoms with E-state index in [4.69, 9.17) is 0 Å². The first-order valence-electron chi connectivity index (χ1n) is 24.6. The number of carbonyl (C=O) groups excluding carboxylic acids is 6. The third-order valence-corrected chi connectivity index (χ3v) is 14.1. The molecular weight excluding hydrogens is 817 g/mol. The normalized spacial score (nSPS) is 23.4. The van der Waals surface area contributed by atoms with Crippen molar-refractivity contribution in [3.05, 3.63) is 107 Å². The summed E-state index contributed by atoms with van der Waals surface area (Å²) >= 11 is 0. The standard InChI is InChI=1S/C53H70N6O6/c1-3-4-5-6-7-8-9-10-11-12-13-20-29-54-51(63)48-36-57(30-31-59(48)37(2)60)52(64)40-25-27-41(28-26-40)53(65)58-34-44(49(61)55-46-32-42(46)38-21-16-14-17-22-38)45(35-58)50(62)56-47-33-43(47)39-23-18-15-19-24-39/h14-19,21-28,42-48H,3-13,20,29-36H2,1-2H3,(H,54,63)(H,55,61)(H,56,62)/t42-,43-,44-,45-,46+,47+,48+/m1/s1. The average Bonchev–Trinajstić information content (AvgIpc) is 4.24. The number of unbranched alkanes of at least 4 members (excludes halogenated alkanes) is 11. The highest BCUT2D eigenvalue weighted by Crippen LogP contribution is 2.42. The molecule has 6 amide bonds. The van der Waals surface area contributed by atoms with E-state index in [1.54, 1.807) is 39.0 Å². The highest BCUT2D eigenvalue weighted by Gasteiger charge is 2.49. The van der Waals surface area contributed by atoms with E-state index in [2.05, 4.69) is 47.1 Å². The van der Waals surface area contributed by atoms with Crippen LogP contribution in [0.25, 0.3) is 0 Å². The lowest BCUT2D eigenvalue weighted by atomic mass is 9.94. The SMILES string of the molecule is CCCCCCCCCCCCCCNC(=O)[C@@H]1CN(C(=O)c2ccc(C(=O)N3C[C@@H](C(=O)N[C@H]4C[C@@H]4c4ccccc4)[C@H](C(=O)N[C@H]4C[C@@H]4c4ccccc4)C3)cc2)CCN1C(C)=O. The number of piperazine rings is 1. The topological polar surface area (TPSA) is 148 Å². The van der Waals surface area contributed by atoms with Crippen LogP contribution in [-0.4, -0.2) is 108 Å². The molecule has 4 aliphatic rings. The van der Waals surface area contributed by atoms with Crippen LogP contribution in [0.1, 0.15) is 147 Å². The molecule has 12 nitrogen and oxygen atoms in total. The number of rotatable bonds is 22. The minimum Gasteiger partial charge on any atom is -0.354 e. The Morgan fingerprint density at radius 3 is 1.43 bits per heavy atom. The monoisotopic (exact) mass is 887 g/mol. The maximum absolute atomic E-state index is 14.0. The van der Waals surface area contributed by atoms with Gasteiger partial charge in [0.1, 0.15) is 6.04 Å². The predicted octanol–water partition coefficient (Wildman–Crippen LogP) is 7.21. The van der Waals surface area contributed by atoms with Gasteiger partial charge < -0.3 is 30.7 Å². The van der Waals surface area contributed by atoms with Gasteiger partial charge in [-0.05, 0) is 54.7 Å². The van der Waals surface area contributed by atoms with E-state index in [1.807, 2.05) is 36.4 Å². The molecule has 0 spiro atoms. The summed E-state index contributed by atoms with van der Waals surface area (Å²) in [6, 6.07) is 25.7. The zero-order chi connectivity index (χ0) is 45.7. The van der Waals surface area contributed by atoms with E-state index < -0.39 is 17.9 Å². The van der Waals surface area contributed by atoms with Crippen LogP contribution < -0.4 is 16.0 Å². The predicted molar refractivity (Wildman–Crippen MR) is 252 cm³/mol. The fourth-order valence-corrected chi connectivity index (χ4v) is 9.91. The van der Waals surface area contributed by atoms with Crippen LogP contribution >= 0.6 is 0 Å². The van der Waals surface area contributed by atoms with Crippen LogP contribution in [0, 0.1) is 11.8 Å². The molecule has 65 heavy (non-hydrogen) atoms.